The lowest BCUT2D eigenvalue weighted by atomic mass is 10.1. The Balaban J connectivity index is 1.65. The molecule has 1 aromatic heterocycles. The van der Waals surface area contributed by atoms with Gasteiger partial charge in [-0.25, -0.2) is 9.48 Å². The van der Waals surface area contributed by atoms with Gasteiger partial charge in [-0.15, -0.1) is 5.10 Å². The molecule has 2 aromatic carbocycles. The van der Waals surface area contributed by atoms with Crippen LogP contribution < -0.4 is 14.8 Å². The lowest BCUT2D eigenvalue weighted by Gasteiger charge is -2.07. The van der Waals surface area contributed by atoms with E-state index in [1.54, 1.807) is 62.8 Å². The van der Waals surface area contributed by atoms with Crippen LogP contribution in [0.15, 0.2) is 54.7 Å². The Morgan fingerprint density at radius 3 is 2.47 bits per heavy atom. The van der Waals surface area contributed by atoms with E-state index in [0.29, 0.717) is 22.9 Å². The molecule has 0 spiro atoms. The second kappa shape index (κ2) is 9.37. The lowest BCUT2D eigenvalue weighted by molar-refractivity contribution is -0.111. The van der Waals surface area contributed by atoms with Gasteiger partial charge in [0.2, 0.25) is 5.91 Å². The summed E-state index contributed by atoms with van der Waals surface area (Å²) in [6.45, 7) is 0. The number of benzene rings is 2. The third-order valence-corrected chi connectivity index (χ3v) is 4.14. The van der Waals surface area contributed by atoms with Crippen molar-refractivity contribution >= 4 is 23.6 Å². The van der Waals surface area contributed by atoms with Gasteiger partial charge in [0.15, 0.2) is 5.69 Å². The number of methoxy groups -OCH3 is 3. The van der Waals surface area contributed by atoms with Crippen LogP contribution in [0, 0.1) is 0 Å². The van der Waals surface area contributed by atoms with Gasteiger partial charge < -0.3 is 19.5 Å². The Labute approximate surface area is 172 Å². The molecule has 1 heterocycles. The van der Waals surface area contributed by atoms with Crippen molar-refractivity contribution in [2.75, 3.05) is 26.6 Å². The summed E-state index contributed by atoms with van der Waals surface area (Å²) in [6.07, 6.45) is 4.54. The van der Waals surface area contributed by atoms with E-state index in [9.17, 15) is 9.59 Å². The Morgan fingerprint density at radius 1 is 1.03 bits per heavy atom. The maximum absolute atomic E-state index is 12.2. The van der Waals surface area contributed by atoms with Crippen molar-refractivity contribution in [3.8, 4) is 17.2 Å². The number of rotatable bonds is 7. The van der Waals surface area contributed by atoms with Crippen LogP contribution in [0.4, 0.5) is 5.69 Å². The Bertz CT molecular complexity index is 1070. The molecule has 0 unspecified atom stereocenters. The molecule has 0 aliphatic rings. The quantitative estimate of drug-likeness (QED) is 0.473. The number of nitrogens with zero attached hydrogens (tertiary/aromatic N) is 3. The fraction of sp³-hybridized carbons (Fsp3) is 0.143. The summed E-state index contributed by atoms with van der Waals surface area (Å²) < 4.78 is 16.5. The molecular weight excluding hydrogens is 388 g/mol. The van der Waals surface area contributed by atoms with E-state index >= 15 is 0 Å². The minimum atomic E-state index is -0.564. The number of esters is 1. The summed E-state index contributed by atoms with van der Waals surface area (Å²) in [7, 11) is 4.40. The molecule has 0 saturated carbocycles. The van der Waals surface area contributed by atoms with Crippen molar-refractivity contribution < 1.29 is 23.8 Å². The number of aromatic nitrogens is 3. The summed E-state index contributed by atoms with van der Waals surface area (Å²) in [5.41, 5.74) is 2.13. The molecule has 1 amide bonds. The van der Waals surface area contributed by atoms with Gasteiger partial charge in [-0.3, -0.25) is 4.79 Å². The third kappa shape index (κ3) is 4.82. The van der Waals surface area contributed by atoms with Crippen LogP contribution in [0.25, 0.3) is 11.8 Å². The summed E-state index contributed by atoms with van der Waals surface area (Å²) in [5, 5.41) is 10.4. The molecule has 9 heteroatoms. The minimum Gasteiger partial charge on any atom is -0.497 e. The van der Waals surface area contributed by atoms with Crippen LogP contribution in [-0.4, -0.2) is 48.2 Å². The first-order valence-corrected chi connectivity index (χ1v) is 8.86. The van der Waals surface area contributed by atoms with Crippen LogP contribution in [0.1, 0.15) is 16.1 Å². The molecule has 0 atom stereocenters. The number of nitrogens with one attached hydrogen (secondary N) is 1. The van der Waals surface area contributed by atoms with Gasteiger partial charge in [0.1, 0.15) is 11.5 Å². The first-order valence-electron chi connectivity index (χ1n) is 8.86. The first kappa shape index (κ1) is 20.6. The number of hydrogen-bond donors (Lipinski definition) is 1. The number of amides is 1. The van der Waals surface area contributed by atoms with Crippen LogP contribution in [0.3, 0.4) is 0 Å². The van der Waals surface area contributed by atoms with Gasteiger partial charge in [-0.2, -0.15) is 0 Å². The molecule has 0 aliphatic heterocycles. The van der Waals surface area contributed by atoms with Crippen molar-refractivity contribution in [3.63, 3.8) is 0 Å². The third-order valence-electron chi connectivity index (χ3n) is 4.14. The standard InChI is InChI=1S/C21H20N4O5/c1-28-17-10-4-14(19(12-17)29-2)5-11-20(26)22-15-6-8-16(9-7-15)25-13-18(23-24-25)21(27)30-3/h4-13H,1-3H3,(H,22,26)/b11-5+. The van der Waals surface area contributed by atoms with E-state index < -0.39 is 5.97 Å². The molecule has 0 aliphatic carbocycles. The van der Waals surface area contributed by atoms with Crippen molar-refractivity contribution in [1.29, 1.82) is 0 Å². The molecule has 0 radical (unpaired) electrons. The Hall–Kier alpha value is -4.14. The highest BCUT2D eigenvalue weighted by Gasteiger charge is 2.11. The van der Waals surface area contributed by atoms with Crippen molar-refractivity contribution in [2.24, 2.45) is 0 Å². The highest BCUT2D eigenvalue weighted by atomic mass is 16.5. The molecule has 0 bridgehead atoms. The fourth-order valence-corrected chi connectivity index (χ4v) is 2.59. The maximum atomic E-state index is 12.2. The predicted molar refractivity (Wildman–Crippen MR) is 110 cm³/mol. The number of anilines is 1. The van der Waals surface area contributed by atoms with E-state index in [4.69, 9.17) is 9.47 Å². The van der Waals surface area contributed by atoms with E-state index in [2.05, 4.69) is 20.4 Å². The average molecular weight is 408 g/mol. The number of hydrogen-bond acceptors (Lipinski definition) is 7. The van der Waals surface area contributed by atoms with Crippen LogP contribution >= 0.6 is 0 Å². The van der Waals surface area contributed by atoms with E-state index in [1.165, 1.54) is 24.1 Å². The molecule has 3 rings (SSSR count). The highest BCUT2D eigenvalue weighted by Crippen LogP contribution is 2.25. The smallest absolute Gasteiger partial charge is 0.360 e. The molecule has 0 saturated heterocycles. The lowest BCUT2D eigenvalue weighted by Crippen LogP contribution is -2.08. The van der Waals surface area contributed by atoms with Crippen LogP contribution in [0.5, 0.6) is 11.5 Å². The molecule has 0 fully saturated rings. The first-order chi connectivity index (χ1) is 14.5. The SMILES string of the molecule is COC(=O)c1cn(-c2ccc(NC(=O)/C=C/c3ccc(OC)cc3OC)cc2)nn1. The second-order valence-electron chi connectivity index (χ2n) is 6.02. The van der Waals surface area contributed by atoms with Gasteiger partial charge in [-0.05, 0) is 42.5 Å². The van der Waals surface area contributed by atoms with Gasteiger partial charge in [0.25, 0.3) is 0 Å². The zero-order valence-corrected chi connectivity index (χ0v) is 16.7. The van der Waals surface area contributed by atoms with Crippen LogP contribution in [-0.2, 0) is 9.53 Å². The molecule has 154 valence electrons. The number of ether oxygens (including phenoxy) is 3. The summed E-state index contributed by atoms with van der Waals surface area (Å²) in [4.78, 5) is 23.7. The van der Waals surface area contributed by atoms with E-state index in [0.717, 1.165) is 5.56 Å². The summed E-state index contributed by atoms with van der Waals surface area (Å²) in [5.74, 6) is 0.404. The molecule has 9 nitrogen and oxygen atoms in total. The predicted octanol–water partition coefficient (Wildman–Crippen LogP) is 2.72. The zero-order valence-electron chi connectivity index (χ0n) is 16.7. The zero-order chi connectivity index (χ0) is 21.5. The largest absolute Gasteiger partial charge is 0.497 e. The second-order valence-corrected chi connectivity index (χ2v) is 6.02. The molecule has 30 heavy (non-hydrogen) atoms. The van der Waals surface area contributed by atoms with E-state index in [-0.39, 0.29) is 11.6 Å². The van der Waals surface area contributed by atoms with Crippen molar-refractivity contribution in [3.05, 3.63) is 66.0 Å². The molecular formula is C21H20N4O5. The number of carbonyl (C=O) groups is 2. The van der Waals surface area contributed by atoms with Crippen LogP contribution in [0.2, 0.25) is 0 Å². The fourth-order valence-electron chi connectivity index (χ4n) is 2.59. The molecule has 1 N–H and O–H groups in total. The van der Waals surface area contributed by atoms with Gasteiger partial charge >= 0.3 is 5.97 Å². The summed E-state index contributed by atoms with van der Waals surface area (Å²) in [6, 6.07) is 12.2. The van der Waals surface area contributed by atoms with Gasteiger partial charge in [-0.1, -0.05) is 5.21 Å². The van der Waals surface area contributed by atoms with Gasteiger partial charge in [0, 0.05) is 23.4 Å². The van der Waals surface area contributed by atoms with E-state index in [1.807, 2.05) is 0 Å². The van der Waals surface area contributed by atoms with Crippen molar-refractivity contribution in [2.45, 2.75) is 0 Å². The maximum Gasteiger partial charge on any atom is 0.360 e. The minimum absolute atomic E-state index is 0.106. The number of carbonyl (C=O) groups excluding carboxylic acids is 2. The average Bonchev–Trinajstić information content (AvgIpc) is 3.27. The normalized spacial score (nSPS) is 10.6. The Kier molecular flexibility index (Phi) is 6.43. The summed E-state index contributed by atoms with van der Waals surface area (Å²) >= 11 is 0. The molecule has 3 aromatic rings. The monoisotopic (exact) mass is 408 g/mol. The topological polar surface area (TPSA) is 105 Å². The highest BCUT2D eigenvalue weighted by molar-refractivity contribution is 6.02. The van der Waals surface area contributed by atoms with Crippen molar-refractivity contribution in [1.82, 2.24) is 15.0 Å². The Morgan fingerprint density at radius 2 is 1.80 bits per heavy atom. The van der Waals surface area contributed by atoms with Gasteiger partial charge in [0.05, 0.1) is 33.2 Å².